The van der Waals surface area contributed by atoms with Crippen LogP contribution in [0.15, 0.2) is 72.8 Å². The van der Waals surface area contributed by atoms with Crippen LogP contribution >= 0.6 is 11.6 Å². The zero-order chi connectivity index (χ0) is 26.2. The van der Waals surface area contributed by atoms with Crippen LogP contribution in [0.25, 0.3) is 0 Å². The van der Waals surface area contributed by atoms with Crippen molar-refractivity contribution in [3.8, 4) is 5.75 Å². The fourth-order valence-electron chi connectivity index (χ4n) is 4.67. The van der Waals surface area contributed by atoms with Crippen LogP contribution in [0.2, 0.25) is 5.02 Å². The molecule has 37 heavy (non-hydrogen) atoms. The number of carbonyl (C=O) groups excluding carboxylic acids is 2. The molecule has 1 saturated carbocycles. The third-order valence-corrected chi connectivity index (χ3v) is 7.19. The van der Waals surface area contributed by atoms with Gasteiger partial charge in [-0.05, 0) is 55.2 Å². The molecule has 0 heterocycles. The lowest BCUT2D eigenvalue weighted by molar-refractivity contribution is -0.143. The Labute approximate surface area is 222 Å². The SMILES string of the molecule is Cc1cc(OCC(=O)N(Cc2ccccc2F)[C@@H](Cc2ccccc2)C(=O)NC2CCCC2)ccc1Cl. The van der Waals surface area contributed by atoms with E-state index in [9.17, 15) is 14.0 Å². The molecule has 1 N–H and O–H groups in total. The van der Waals surface area contributed by atoms with Crippen molar-refractivity contribution in [3.63, 3.8) is 0 Å². The molecule has 7 heteroatoms. The van der Waals surface area contributed by atoms with Gasteiger partial charge in [-0.1, -0.05) is 73.0 Å². The number of benzene rings is 3. The smallest absolute Gasteiger partial charge is 0.261 e. The van der Waals surface area contributed by atoms with Crippen LogP contribution in [-0.4, -0.2) is 35.4 Å². The van der Waals surface area contributed by atoms with Crippen LogP contribution in [0.1, 0.15) is 42.4 Å². The third-order valence-electron chi connectivity index (χ3n) is 6.76. The van der Waals surface area contributed by atoms with Gasteiger partial charge in [0.1, 0.15) is 17.6 Å². The van der Waals surface area contributed by atoms with Crippen molar-refractivity contribution in [1.29, 1.82) is 0 Å². The van der Waals surface area contributed by atoms with Crippen LogP contribution in [-0.2, 0) is 22.6 Å². The molecule has 3 aromatic carbocycles. The van der Waals surface area contributed by atoms with Gasteiger partial charge in [0.2, 0.25) is 5.91 Å². The molecule has 5 nitrogen and oxygen atoms in total. The summed E-state index contributed by atoms with van der Waals surface area (Å²) in [5.74, 6) is -0.568. The lowest BCUT2D eigenvalue weighted by Gasteiger charge is -2.32. The highest BCUT2D eigenvalue weighted by atomic mass is 35.5. The number of nitrogens with one attached hydrogen (secondary N) is 1. The lowest BCUT2D eigenvalue weighted by Crippen LogP contribution is -2.53. The summed E-state index contributed by atoms with van der Waals surface area (Å²) in [6.07, 6.45) is 4.29. The van der Waals surface area contributed by atoms with Gasteiger partial charge in [-0.3, -0.25) is 9.59 Å². The molecule has 0 aliphatic heterocycles. The van der Waals surface area contributed by atoms with Crippen molar-refractivity contribution in [2.24, 2.45) is 0 Å². The van der Waals surface area contributed by atoms with Crippen molar-refractivity contribution in [2.45, 2.75) is 57.7 Å². The Bertz CT molecular complexity index is 1210. The summed E-state index contributed by atoms with van der Waals surface area (Å²) in [4.78, 5) is 28.7. The minimum absolute atomic E-state index is 0.0515. The Morgan fingerprint density at radius 1 is 1.05 bits per heavy atom. The second-order valence-electron chi connectivity index (χ2n) is 9.51. The summed E-state index contributed by atoms with van der Waals surface area (Å²) >= 11 is 6.11. The maximum absolute atomic E-state index is 14.7. The topological polar surface area (TPSA) is 58.6 Å². The van der Waals surface area contributed by atoms with Gasteiger partial charge in [0.05, 0.1) is 0 Å². The highest BCUT2D eigenvalue weighted by Crippen LogP contribution is 2.23. The summed E-state index contributed by atoms with van der Waals surface area (Å²) in [5, 5.41) is 3.74. The summed E-state index contributed by atoms with van der Waals surface area (Å²) in [7, 11) is 0. The van der Waals surface area contributed by atoms with Crippen molar-refractivity contribution in [3.05, 3.63) is 100 Å². The number of rotatable bonds is 10. The molecule has 0 unspecified atom stereocenters. The van der Waals surface area contributed by atoms with Crippen molar-refractivity contribution >= 4 is 23.4 Å². The van der Waals surface area contributed by atoms with Crippen molar-refractivity contribution in [1.82, 2.24) is 10.2 Å². The first-order valence-electron chi connectivity index (χ1n) is 12.7. The fraction of sp³-hybridized carbons (Fsp3) is 0.333. The third kappa shape index (κ3) is 7.32. The molecule has 4 rings (SSSR count). The Hall–Kier alpha value is -3.38. The van der Waals surface area contributed by atoms with E-state index < -0.39 is 17.8 Å². The van der Waals surface area contributed by atoms with Crippen LogP contribution in [0.3, 0.4) is 0 Å². The van der Waals surface area contributed by atoms with Gasteiger partial charge in [-0.25, -0.2) is 4.39 Å². The van der Waals surface area contributed by atoms with Gasteiger partial charge >= 0.3 is 0 Å². The van der Waals surface area contributed by atoms with Gasteiger partial charge < -0.3 is 15.0 Å². The van der Waals surface area contributed by atoms with Crippen molar-refractivity contribution in [2.75, 3.05) is 6.61 Å². The molecule has 194 valence electrons. The first-order valence-corrected chi connectivity index (χ1v) is 13.0. The number of carbonyl (C=O) groups is 2. The molecular formula is C30H32ClFN2O3. The van der Waals surface area contributed by atoms with E-state index in [4.69, 9.17) is 16.3 Å². The average molecular weight is 523 g/mol. The zero-order valence-electron chi connectivity index (χ0n) is 21.0. The maximum Gasteiger partial charge on any atom is 0.261 e. The maximum atomic E-state index is 14.7. The second kappa shape index (κ2) is 12.7. The summed E-state index contributed by atoms with van der Waals surface area (Å²) < 4.78 is 20.5. The van der Waals surface area contributed by atoms with E-state index >= 15 is 0 Å². The highest BCUT2D eigenvalue weighted by Gasteiger charge is 2.32. The van der Waals surface area contributed by atoms with E-state index in [-0.39, 0.29) is 25.1 Å². The summed E-state index contributed by atoms with van der Waals surface area (Å²) in [5.41, 5.74) is 2.08. The van der Waals surface area contributed by atoms with Crippen molar-refractivity contribution < 1.29 is 18.7 Å². The molecule has 1 fully saturated rings. The molecule has 1 atom stereocenters. The molecule has 0 aromatic heterocycles. The Kier molecular flexibility index (Phi) is 9.18. The molecule has 0 radical (unpaired) electrons. The van der Waals surface area contributed by atoms with Gasteiger partial charge in [0, 0.05) is 29.6 Å². The van der Waals surface area contributed by atoms with Crippen LogP contribution in [0, 0.1) is 12.7 Å². The van der Waals surface area contributed by atoms with E-state index in [0.29, 0.717) is 22.8 Å². The highest BCUT2D eigenvalue weighted by molar-refractivity contribution is 6.31. The zero-order valence-corrected chi connectivity index (χ0v) is 21.7. The fourth-order valence-corrected chi connectivity index (χ4v) is 4.78. The summed E-state index contributed by atoms with van der Waals surface area (Å²) in [6, 6.07) is 20.3. The quantitative estimate of drug-likeness (QED) is 0.362. The number of amides is 2. The molecule has 1 aliphatic rings. The summed E-state index contributed by atoms with van der Waals surface area (Å²) in [6.45, 7) is 1.51. The minimum Gasteiger partial charge on any atom is -0.484 e. The molecular weight excluding hydrogens is 491 g/mol. The number of ether oxygens (including phenoxy) is 1. The van der Waals surface area contributed by atoms with E-state index in [2.05, 4.69) is 5.32 Å². The molecule has 0 spiro atoms. The average Bonchev–Trinajstić information content (AvgIpc) is 3.41. The molecule has 0 bridgehead atoms. The molecule has 1 aliphatic carbocycles. The monoisotopic (exact) mass is 522 g/mol. The Morgan fingerprint density at radius 3 is 2.46 bits per heavy atom. The first kappa shape index (κ1) is 26.7. The number of hydrogen-bond donors (Lipinski definition) is 1. The molecule has 3 aromatic rings. The van der Waals surface area contributed by atoms with Crippen LogP contribution in [0.5, 0.6) is 5.75 Å². The number of aryl methyl sites for hydroxylation is 1. The number of nitrogens with zero attached hydrogens (tertiary/aromatic N) is 1. The second-order valence-corrected chi connectivity index (χ2v) is 9.92. The molecule has 0 saturated heterocycles. The van der Waals surface area contributed by atoms with Gasteiger partial charge in [-0.15, -0.1) is 0 Å². The lowest BCUT2D eigenvalue weighted by atomic mass is 10.0. The molecule has 2 amide bonds. The predicted octanol–water partition coefficient (Wildman–Crippen LogP) is 5.87. The van der Waals surface area contributed by atoms with Gasteiger partial charge in [0.15, 0.2) is 6.61 Å². The van der Waals surface area contributed by atoms with Crippen LogP contribution < -0.4 is 10.1 Å². The number of halogens is 2. The van der Waals surface area contributed by atoms with Crippen LogP contribution in [0.4, 0.5) is 4.39 Å². The predicted molar refractivity (Wildman–Crippen MR) is 143 cm³/mol. The van der Waals surface area contributed by atoms with Gasteiger partial charge in [-0.2, -0.15) is 0 Å². The Morgan fingerprint density at radius 2 is 1.76 bits per heavy atom. The first-order chi connectivity index (χ1) is 17.9. The Balaban J connectivity index is 1.62. The van der Waals surface area contributed by atoms with Gasteiger partial charge in [0.25, 0.3) is 5.91 Å². The van der Waals surface area contributed by atoms with E-state index in [1.54, 1.807) is 36.4 Å². The minimum atomic E-state index is -0.828. The largest absolute Gasteiger partial charge is 0.484 e. The van der Waals surface area contributed by atoms with E-state index in [1.165, 1.54) is 11.0 Å². The normalized spacial score (nSPS) is 14.2. The van der Waals surface area contributed by atoms with E-state index in [0.717, 1.165) is 36.8 Å². The van der Waals surface area contributed by atoms with E-state index in [1.807, 2.05) is 37.3 Å². The standard InChI is InChI=1S/C30H32ClFN2O3/c1-21-17-25(15-16-26(21)31)37-20-29(35)34(19-23-11-5-8-14-27(23)32)28(18-22-9-3-2-4-10-22)30(36)33-24-12-6-7-13-24/h2-5,8-11,14-17,24,28H,6-7,12-13,18-20H2,1H3,(H,33,36)/t28-/m0/s1. The number of hydrogen-bond acceptors (Lipinski definition) is 3.